The van der Waals surface area contributed by atoms with Crippen LogP contribution in [0.1, 0.15) is 63.4 Å². The number of carbonyl (C=O) groups is 10. The summed E-state index contributed by atoms with van der Waals surface area (Å²) in [5.74, 6) is -8.69. The minimum absolute atomic E-state index is 0.0299. The van der Waals surface area contributed by atoms with E-state index >= 15 is 0 Å². The molecule has 4 rings (SSSR count). The molecule has 0 unspecified atom stereocenters. The van der Waals surface area contributed by atoms with Crippen molar-refractivity contribution in [2.75, 3.05) is 91.6 Å². The second kappa shape index (κ2) is 30.9. The average Bonchev–Trinajstić information content (AvgIpc) is 3.72. The Kier molecular flexibility index (Phi) is 25.2. The molecule has 1 aliphatic carbocycles. The van der Waals surface area contributed by atoms with Gasteiger partial charge in [0.2, 0.25) is 17.7 Å². The van der Waals surface area contributed by atoms with Gasteiger partial charge in [0.1, 0.15) is 18.1 Å². The van der Waals surface area contributed by atoms with Crippen molar-refractivity contribution >= 4 is 93.1 Å². The molecular weight excluding hydrogens is 1090 g/mol. The van der Waals surface area contributed by atoms with E-state index in [9.17, 15) is 73.5 Å². The number of hydrogen-bond donors (Lipinski definition) is 12. The summed E-state index contributed by atoms with van der Waals surface area (Å²) in [6.45, 7) is 1.71. The quantitative estimate of drug-likeness (QED) is 0.0398. The van der Waals surface area contributed by atoms with E-state index in [4.69, 9.17) is 5.11 Å². The SMILES string of the molecule is O=C(O)CC[C@H](NC(=O)N[C@@H](CCCCNC(=O)[C@@H](Cc1c[nH]c2ccc(I)cc12)NC(=O)[C@H]1CC[C@H](CNC(=O)CN2CCN(CC(=O)O)CCN(CC(=O)O)CCN(CC(=O)O)CC2)CC1)C(=O)O)C(=O)O. The third kappa shape index (κ3) is 22.1. The zero-order chi connectivity index (χ0) is 54.3. The number of H-pyrrole nitrogens is 1. The van der Waals surface area contributed by atoms with Crippen LogP contribution in [-0.2, 0) is 49.6 Å². The lowest BCUT2D eigenvalue weighted by Gasteiger charge is -2.33. The van der Waals surface area contributed by atoms with Gasteiger partial charge in [0, 0.05) is 105 Å². The second-order valence-electron chi connectivity index (χ2n) is 18.7. The highest BCUT2D eigenvalue weighted by molar-refractivity contribution is 14.1. The van der Waals surface area contributed by atoms with Crippen molar-refractivity contribution in [3.05, 3.63) is 33.5 Å². The third-order valence-electron chi connectivity index (χ3n) is 13.0. The summed E-state index contributed by atoms with van der Waals surface area (Å²) in [7, 11) is 0. The van der Waals surface area contributed by atoms with Gasteiger partial charge in [-0.15, -0.1) is 0 Å². The Labute approximate surface area is 440 Å². The van der Waals surface area contributed by atoms with Crippen LogP contribution in [0.2, 0.25) is 0 Å². The molecular formula is C47H69IN10O16. The zero-order valence-corrected chi connectivity index (χ0v) is 43.3. The molecule has 27 heteroatoms. The van der Waals surface area contributed by atoms with E-state index in [0.29, 0.717) is 45.3 Å². The zero-order valence-electron chi connectivity index (χ0n) is 41.1. The topological polar surface area (TPSA) is 381 Å². The molecule has 2 aliphatic rings. The van der Waals surface area contributed by atoms with Crippen molar-refractivity contribution in [2.24, 2.45) is 11.8 Å². The summed E-state index contributed by atoms with van der Waals surface area (Å²) in [5, 5.41) is 70.3. The first-order valence-corrected chi connectivity index (χ1v) is 25.6. The van der Waals surface area contributed by atoms with Crippen molar-refractivity contribution in [3.8, 4) is 0 Å². The maximum atomic E-state index is 13.9. The highest BCUT2D eigenvalue weighted by atomic mass is 127. The standard InChI is InChI=1S/C47H69IN10O16/c48-32-8-9-34-33(22-32)31(24-50-34)21-37(44(69)49-12-2-1-3-35(45(70)71)53-47(74)54-36(46(72)73)10-11-39(60)61)52-43(68)30-6-4-29(5-7-30)23-51-38(59)25-55-13-15-56(26-40(62)63)17-19-58(28-42(66)67)20-18-57(16-14-55)27-41(64)65/h8-9,22,24,29-30,35-37,50H,1-7,10-21,23,25-28H2,(H,49,69)(H,51,59)(H,52,68)(H,60,61)(H,62,63)(H,64,65)(H,66,67)(H,70,71)(H,72,73)(H2,53,54,74)/t29-,30-,35-,36-,37+/m0/s1. The number of unbranched alkanes of at least 4 members (excludes halogenated alkanes) is 1. The van der Waals surface area contributed by atoms with Crippen molar-refractivity contribution < 1.29 is 78.6 Å². The molecule has 0 bridgehead atoms. The monoisotopic (exact) mass is 1160 g/mol. The largest absolute Gasteiger partial charge is 0.481 e. The van der Waals surface area contributed by atoms with Gasteiger partial charge in [-0.1, -0.05) is 0 Å². The lowest BCUT2D eigenvalue weighted by molar-refractivity contribution is -0.141. The van der Waals surface area contributed by atoms with Gasteiger partial charge >= 0.3 is 41.8 Å². The van der Waals surface area contributed by atoms with Crippen molar-refractivity contribution in [1.29, 1.82) is 0 Å². The third-order valence-corrected chi connectivity index (χ3v) is 13.7. The van der Waals surface area contributed by atoms with Gasteiger partial charge in [0.15, 0.2) is 0 Å². The molecule has 5 amide bonds. The fraction of sp³-hybridized carbons (Fsp3) is 0.617. The van der Waals surface area contributed by atoms with Crippen LogP contribution in [-0.4, -0.2) is 225 Å². The Morgan fingerprint density at radius 2 is 1.12 bits per heavy atom. The first-order valence-electron chi connectivity index (χ1n) is 24.5. The summed E-state index contributed by atoms with van der Waals surface area (Å²) < 4.78 is 0.969. The van der Waals surface area contributed by atoms with E-state index in [1.54, 1.807) is 20.9 Å². The Hall–Kier alpha value is -6.17. The van der Waals surface area contributed by atoms with E-state index in [1.807, 2.05) is 23.1 Å². The average molecular weight is 1160 g/mol. The van der Waals surface area contributed by atoms with Gasteiger partial charge in [-0.2, -0.15) is 0 Å². The van der Waals surface area contributed by atoms with Crippen LogP contribution in [0.25, 0.3) is 10.9 Å². The number of nitrogens with zero attached hydrogens (tertiary/aromatic N) is 4. The minimum Gasteiger partial charge on any atom is -0.481 e. The summed E-state index contributed by atoms with van der Waals surface area (Å²) in [5.41, 5.74) is 1.65. The summed E-state index contributed by atoms with van der Waals surface area (Å²) in [4.78, 5) is 133. The molecule has 74 heavy (non-hydrogen) atoms. The van der Waals surface area contributed by atoms with E-state index in [-0.39, 0.29) is 115 Å². The van der Waals surface area contributed by atoms with Gasteiger partial charge in [-0.25, -0.2) is 14.4 Å². The number of carbonyl (C=O) groups excluding carboxylic acids is 4. The lowest BCUT2D eigenvalue weighted by atomic mass is 9.81. The highest BCUT2D eigenvalue weighted by Gasteiger charge is 2.31. The predicted molar refractivity (Wildman–Crippen MR) is 272 cm³/mol. The summed E-state index contributed by atoms with van der Waals surface area (Å²) in [6.07, 6.45) is 3.65. The van der Waals surface area contributed by atoms with Crippen LogP contribution < -0.4 is 26.6 Å². The minimum atomic E-state index is -1.55. The Morgan fingerprint density at radius 1 is 0.608 bits per heavy atom. The van der Waals surface area contributed by atoms with Crippen LogP contribution in [0.4, 0.5) is 4.79 Å². The highest BCUT2D eigenvalue weighted by Crippen LogP contribution is 2.29. The van der Waals surface area contributed by atoms with E-state index in [1.165, 1.54) is 0 Å². The molecule has 1 saturated heterocycles. The van der Waals surface area contributed by atoms with Gasteiger partial charge < -0.3 is 62.2 Å². The molecule has 1 aromatic heterocycles. The molecule has 3 atom stereocenters. The number of nitrogens with one attached hydrogen (secondary N) is 6. The smallest absolute Gasteiger partial charge is 0.326 e. The van der Waals surface area contributed by atoms with Gasteiger partial charge in [0.25, 0.3) is 0 Å². The summed E-state index contributed by atoms with van der Waals surface area (Å²) >= 11 is 2.19. The molecule has 410 valence electrons. The number of carboxylic acid groups (broad SMARTS) is 6. The number of carboxylic acids is 6. The van der Waals surface area contributed by atoms with Gasteiger partial charge in [-0.3, -0.25) is 53.2 Å². The molecule has 12 N–H and O–H groups in total. The van der Waals surface area contributed by atoms with E-state index in [2.05, 4.69) is 54.2 Å². The number of hydrogen-bond acceptors (Lipinski definition) is 14. The molecule has 1 aliphatic heterocycles. The van der Waals surface area contributed by atoms with E-state index in [0.717, 1.165) is 20.0 Å². The normalized spacial score (nSPS) is 18.8. The maximum Gasteiger partial charge on any atom is 0.326 e. The molecule has 2 heterocycles. The van der Waals surface area contributed by atoms with Crippen LogP contribution in [0, 0.1) is 15.4 Å². The van der Waals surface area contributed by atoms with Crippen molar-refractivity contribution in [3.63, 3.8) is 0 Å². The molecule has 2 aromatic rings. The number of rotatable bonds is 27. The molecule has 0 radical (unpaired) electrons. The molecule has 2 fully saturated rings. The number of aromatic amines is 1. The van der Waals surface area contributed by atoms with Crippen molar-refractivity contribution in [1.82, 2.24) is 51.2 Å². The van der Waals surface area contributed by atoms with Crippen molar-refractivity contribution in [2.45, 2.75) is 82.3 Å². The Balaban J connectivity index is 1.30. The van der Waals surface area contributed by atoms with E-state index < -0.39 is 84.6 Å². The Bertz CT molecular complexity index is 2240. The lowest BCUT2D eigenvalue weighted by Crippen LogP contribution is -2.51. The summed E-state index contributed by atoms with van der Waals surface area (Å²) in [6, 6.07) is 0.770. The molecule has 0 spiro atoms. The number of urea groups is 1. The molecule has 1 saturated carbocycles. The van der Waals surface area contributed by atoms with Gasteiger partial charge in [-0.05, 0) is 104 Å². The molecule has 1 aromatic carbocycles. The first-order chi connectivity index (χ1) is 35.1. The first kappa shape index (κ1) is 60.4. The maximum absolute atomic E-state index is 13.9. The number of amides is 5. The second-order valence-corrected chi connectivity index (χ2v) is 19.9. The molecule has 26 nitrogen and oxygen atoms in total. The number of halogens is 1. The van der Waals surface area contributed by atoms with Crippen LogP contribution >= 0.6 is 22.6 Å². The number of benzene rings is 1. The van der Waals surface area contributed by atoms with Crippen LogP contribution in [0.15, 0.2) is 24.4 Å². The van der Waals surface area contributed by atoms with Crippen LogP contribution in [0.3, 0.4) is 0 Å². The number of aliphatic carboxylic acids is 6. The predicted octanol–water partition coefficient (Wildman–Crippen LogP) is -0.445. The number of fused-ring (bicyclic) bond motifs is 1. The Morgan fingerprint density at radius 3 is 1.62 bits per heavy atom. The fourth-order valence-corrected chi connectivity index (χ4v) is 9.41. The van der Waals surface area contributed by atoms with Crippen LogP contribution in [0.5, 0.6) is 0 Å². The number of aromatic nitrogens is 1. The fourth-order valence-electron chi connectivity index (χ4n) is 8.92. The van der Waals surface area contributed by atoms with Gasteiger partial charge in [0.05, 0.1) is 26.2 Å².